The summed E-state index contributed by atoms with van der Waals surface area (Å²) < 4.78 is 4.56. The first kappa shape index (κ1) is 18.7. The first-order chi connectivity index (χ1) is 12.1. The topological polar surface area (TPSA) is 87.6 Å². The monoisotopic (exact) mass is 361 g/mol. The third-order valence-electron chi connectivity index (χ3n) is 3.37. The average Bonchev–Trinajstić information content (AvgIpc) is 3.04. The summed E-state index contributed by atoms with van der Waals surface area (Å²) in [7, 11) is 3.08. The van der Waals surface area contributed by atoms with Gasteiger partial charge in [0.2, 0.25) is 0 Å². The average molecular weight is 361 g/mol. The minimum atomic E-state index is -0.481. The van der Waals surface area contributed by atoms with Gasteiger partial charge in [0.05, 0.1) is 12.1 Å². The fourth-order valence-electron chi connectivity index (χ4n) is 2.09. The minimum absolute atomic E-state index is 0.481. The molecule has 7 nitrogen and oxygen atoms in total. The van der Waals surface area contributed by atoms with E-state index in [4.69, 9.17) is 0 Å². The zero-order valence-electron chi connectivity index (χ0n) is 14.6. The Bertz CT molecular complexity index is 712. The summed E-state index contributed by atoms with van der Waals surface area (Å²) in [6, 6.07) is 7.53. The second kappa shape index (κ2) is 9.63. The maximum Gasteiger partial charge on any atom is 0.411 e. The van der Waals surface area contributed by atoms with Gasteiger partial charge in [-0.2, -0.15) is 0 Å². The number of ether oxygens (including phenoxy) is 1. The molecule has 0 unspecified atom stereocenters. The van der Waals surface area contributed by atoms with E-state index in [2.05, 4.69) is 37.6 Å². The number of thiazole rings is 1. The van der Waals surface area contributed by atoms with Gasteiger partial charge in [-0.3, -0.25) is 10.3 Å². The molecule has 0 radical (unpaired) electrons. The molecular weight excluding hydrogens is 338 g/mol. The number of benzene rings is 1. The van der Waals surface area contributed by atoms with Gasteiger partial charge in [-0.25, -0.2) is 9.78 Å². The van der Waals surface area contributed by atoms with E-state index in [0.717, 1.165) is 29.5 Å². The van der Waals surface area contributed by atoms with Crippen molar-refractivity contribution in [3.05, 3.63) is 45.9 Å². The zero-order chi connectivity index (χ0) is 18.1. The SMILES string of the molecule is CN=C(NCCc1ncc(C)s1)NCc1ccc(NC(=O)OC)cc1. The summed E-state index contributed by atoms with van der Waals surface area (Å²) in [5.41, 5.74) is 1.77. The molecule has 1 aromatic carbocycles. The van der Waals surface area contributed by atoms with Gasteiger partial charge in [-0.05, 0) is 24.6 Å². The first-order valence-electron chi connectivity index (χ1n) is 7.90. The fourth-order valence-corrected chi connectivity index (χ4v) is 2.87. The summed E-state index contributed by atoms with van der Waals surface area (Å²) in [4.78, 5) is 20.9. The van der Waals surface area contributed by atoms with Crippen molar-refractivity contribution in [2.45, 2.75) is 19.9 Å². The molecule has 25 heavy (non-hydrogen) atoms. The molecule has 1 amide bonds. The quantitative estimate of drug-likeness (QED) is 0.544. The van der Waals surface area contributed by atoms with Gasteiger partial charge < -0.3 is 15.4 Å². The third kappa shape index (κ3) is 6.42. The molecule has 2 rings (SSSR count). The van der Waals surface area contributed by atoms with Crippen molar-refractivity contribution >= 4 is 29.1 Å². The molecule has 0 atom stereocenters. The number of nitrogens with one attached hydrogen (secondary N) is 3. The number of aliphatic imine (C=N–C) groups is 1. The van der Waals surface area contributed by atoms with E-state index >= 15 is 0 Å². The van der Waals surface area contributed by atoms with E-state index in [9.17, 15) is 4.79 Å². The Labute approximate surface area is 151 Å². The van der Waals surface area contributed by atoms with Gasteiger partial charge >= 0.3 is 6.09 Å². The van der Waals surface area contributed by atoms with Crippen molar-refractivity contribution in [3.8, 4) is 0 Å². The van der Waals surface area contributed by atoms with Gasteiger partial charge in [-0.1, -0.05) is 12.1 Å². The van der Waals surface area contributed by atoms with Gasteiger partial charge in [0.25, 0.3) is 0 Å². The van der Waals surface area contributed by atoms with Crippen LogP contribution in [0, 0.1) is 6.92 Å². The van der Waals surface area contributed by atoms with Gasteiger partial charge in [0.1, 0.15) is 0 Å². The van der Waals surface area contributed by atoms with Crippen LogP contribution in [0.1, 0.15) is 15.4 Å². The van der Waals surface area contributed by atoms with Crippen LogP contribution >= 0.6 is 11.3 Å². The molecule has 0 aliphatic carbocycles. The zero-order valence-corrected chi connectivity index (χ0v) is 15.4. The molecule has 3 N–H and O–H groups in total. The number of aryl methyl sites for hydroxylation is 1. The van der Waals surface area contributed by atoms with Crippen LogP contribution in [-0.4, -0.2) is 37.7 Å². The second-order valence-corrected chi connectivity index (χ2v) is 6.60. The highest BCUT2D eigenvalue weighted by molar-refractivity contribution is 7.11. The van der Waals surface area contributed by atoms with Crippen molar-refractivity contribution in [1.82, 2.24) is 15.6 Å². The number of aromatic nitrogens is 1. The summed E-state index contributed by atoms with van der Waals surface area (Å²) in [5, 5.41) is 10.3. The van der Waals surface area contributed by atoms with Crippen LogP contribution in [0.2, 0.25) is 0 Å². The van der Waals surface area contributed by atoms with Gasteiger partial charge in [0, 0.05) is 43.3 Å². The number of anilines is 1. The number of methoxy groups -OCH3 is 1. The number of amides is 1. The van der Waals surface area contributed by atoms with Crippen LogP contribution in [0.15, 0.2) is 35.5 Å². The van der Waals surface area contributed by atoms with Crippen LogP contribution in [0.3, 0.4) is 0 Å². The Morgan fingerprint density at radius 3 is 2.64 bits per heavy atom. The fraction of sp³-hybridized carbons (Fsp3) is 0.353. The second-order valence-electron chi connectivity index (χ2n) is 5.28. The lowest BCUT2D eigenvalue weighted by atomic mass is 10.2. The van der Waals surface area contributed by atoms with Crippen molar-refractivity contribution in [1.29, 1.82) is 0 Å². The number of hydrogen-bond acceptors (Lipinski definition) is 5. The molecule has 0 aliphatic heterocycles. The van der Waals surface area contributed by atoms with Crippen molar-refractivity contribution in [2.75, 3.05) is 26.0 Å². The minimum Gasteiger partial charge on any atom is -0.453 e. The molecule has 0 saturated heterocycles. The molecule has 8 heteroatoms. The lowest BCUT2D eigenvalue weighted by molar-refractivity contribution is 0.187. The first-order valence-corrected chi connectivity index (χ1v) is 8.72. The van der Waals surface area contributed by atoms with E-state index in [1.165, 1.54) is 12.0 Å². The Kier molecular flexibility index (Phi) is 7.21. The summed E-state index contributed by atoms with van der Waals surface area (Å²) in [6.07, 6.45) is 2.28. The number of nitrogens with zero attached hydrogens (tertiary/aromatic N) is 2. The highest BCUT2D eigenvalue weighted by Crippen LogP contribution is 2.11. The number of carbonyl (C=O) groups is 1. The summed E-state index contributed by atoms with van der Waals surface area (Å²) in [6.45, 7) is 3.46. The van der Waals surface area contributed by atoms with Crippen molar-refractivity contribution in [3.63, 3.8) is 0 Å². The Morgan fingerprint density at radius 1 is 1.28 bits per heavy atom. The molecule has 0 spiro atoms. The number of guanidine groups is 1. The molecular formula is C17H23N5O2S. The third-order valence-corrected chi connectivity index (χ3v) is 4.34. The molecule has 0 aliphatic rings. The summed E-state index contributed by atoms with van der Waals surface area (Å²) >= 11 is 1.71. The Morgan fingerprint density at radius 2 is 2.04 bits per heavy atom. The van der Waals surface area contributed by atoms with E-state index < -0.39 is 6.09 Å². The largest absolute Gasteiger partial charge is 0.453 e. The Hall–Kier alpha value is -2.61. The van der Waals surface area contributed by atoms with E-state index in [1.54, 1.807) is 18.4 Å². The Balaban J connectivity index is 1.75. The predicted octanol–water partition coefficient (Wildman–Crippen LogP) is 2.54. The van der Waals surface area contributed by atoms with Crippen LogP contribution in [0.25, 0.3) is 0 Å². The molecule has 1 heterocycles. The van der Waals surface area contributed by atoms with Crippen LogP contribution in [0.5, 0.6) is 0 Å². The van der Waals surface area contributed by atoms with E-state index in [1.807, 2.05) is 30.5 Å². The van der Waals surface area contributed by atoms with Gasteiger partial charge in [0.15, 0.2) is 5.96 Å². The maximum absolute atomic E-state index is 11.2. The predicted molar refractivity (Wildman–Crippen MR) is 101 cm³/mol. The van der Waals surface area contributed by atoms with Crippen LogP contribution in [0.4, 0.5) is 10.5 Å². The van der Waals surface area contributed by atoms with Crippen LogP contribution < -0.4 is 16.0 Å². The standard InChI is InChI=1S/C17H23N5O2S/c1-12-10-20-15(25-12)8-9-19-16(18-2)21-11-13-4-6-14(7-5-13)22-17(23)24-3/h4-7,10H,8-9,11H2,1-3H3,(H,22,23)(H2,18,19,21). The number of hydrogen-bond donors (Lipinski definition) is 3. The molecule has 134 valence electrons. The van der Waals surface area contributed by atoms with Gasteiger partial charge in [-0.15, -0.1) is 11.3 Å². The highest BCUT2D eigenvalue weighted by atomic mass is 32.1. The lowest BCUT2D eigenvalue weighted by Gasteiger charge is -2.12. The van der Waals surface area contributed by atoms with E-state index in [-0.39, 0.29) is 0 Å². The van der Waals surface area contributed by atoms with Crippen LogP contribution in [-0.2, 0) is 17.7 Å². The molecule has 0 bridgehead atoms. The summed E-state index contributed by atoms with van der Waals surface area (Å²) in [5.74, 6) is 0.741. The molecule has 2 aromatic rings. The van der Waals surface area contributed by atoms with Crippen molar-refractivity contribution in [2.24, 2.45) is 4.99 Å². The maximum atomic E-state index is 11.2. The molecule has 0 fully saturated rings. The normalized spacial score (nSPS) is 11.1. The van der Waals surface area contributed by atoms with E-state index in [0.29, 0.717) is 12.2 Å². The number of carbonyl (C=O) groups excluding carboxylic acids is 1. The smallest absolute Gasteiger partial charge is 0.411 e. The number of rotatable bonds is 6. The van der Waals surface area contributed by atoms with Crippen molar-refractivity contribution < 1.29 is 9.53 Å². The lowest BCUT2D eigenvalue weighted by Crippen LogP contribution is -2.37. The highest BCUT2D eigenvalue weighted by Gasteiger charge is 2.03. The molecule has 1 aromatic heterocycles. The molecule has 0 saturated carbocycles.